The summed E-state index contributed by atoms with van der Waals surface area (Å²) in [7, 11) is 0. The lowest BCUT2D eigenvalue weighted by atomic mass is 9.94. The Hall–Kier alpha value is -3.99. The number of nitrogens with zero attached hydrogens (tertiary/aromatic N) is 1. The predicted molar refractivity (Wildman–Crippen MR) is 135 cm³/mol. The van der Waals surface area contributed by atoms with Crippen LogP contribution in [0.2, 0.25) is 0 Å². The molecule has 0 aliphatic carbocycles. The van der Waals surface area contributed by atoms with Crippen LogP contribution in [0.4, 0.5) is 4.39 Å². The quantitative estimate of drug-likeness (QED) is 0.324. The zero-order valence-electron chi connectivity index (χ0n) is 19.4. The Balaban J connectivity index is 0.000000469. The van der Waals surface area contributed by atoms with Crippen LogP contribution in [0.15, 0.2) is 91.0 Å². The number of hydrogen-bond acceptors (Lipinski definition) is 2. The molecule has 4 aromatic rings. The SMILES string of the molecule is CC(C)c1c(C(N)=O)c(-c2ccccc2)c(-c2ccc(F)cc2)n1CCC=O.c1ccccc1. The van der Waals surface area contributed by atoms with Crippen molar-refractivity contribution in [1.29, 1.82) is 0 Å². The summed E-state index contributed by atoms with van der Waals surface area (Å²) in [5, 5.41) is 0. The highest BCUT2D eigenvalue weighted by Crippen LogP contribution is 2.41. The molecule has 0 saturated heterocycles. The first-order chi connectivity index (χ1) is 16.5. The minimum absolute atomic E-state index is 0.00538. The molecule has 5 heteroatoms. The fourth-order valence-electron chi connectivity index (χ4n) is 4.08. The third-order valence-electron chi connectivity index (χ3n) is 5.41. The summed E-state index contributed by atoms with van der Waals surface area (Å²) in [5.74, 6) is -0.850. The molecule has 0 atom stereocenters. The Morgan fingerprint density at radius 2 is 1.41 bits per heavy atom. The minimum Gasteiger partial charge on any atom is -0.366 e. The number of primary amides is 1. The van der Waals surface area contributed by atoms with Crippen molar-refractivity contribution in [2.45, 2.75) is 32.7 Å². The first kappa shape index (κ1) is 24.6. The van der Waals surface area contributed by atoms with Gasteiger partial charge in [0.2, 0.25) is 0 Å². The number of carbonyl (C=O) groups excluding carboxylic acids is 2. The van der Waals surface area contributed by atoms with Gasteiger partial charge < -0.3 is 15.1 Å². The van der Waals surface area contributed by atoms with Crippen molar-refractivity contribution in [3.8, 4) is 22.4 Å². The summed E-state index contributed by atoms with van der Waals surface area (Å²) >= 11 is 0. The van der Waals surface area contributed by atoms with E-state index in [1.54, 1.807) is 12.1 Å². The Labute approximate surface area is 199 Å². The fraction of sp³-hybridized carbons (Fsp3) is 0.172. The molecule has 1 amide bonds. The van der Waals surface area contributed by atoms with E-state index in [1.807, 2.05) is 85.1 Å². The molecule has 0 spiro atoms. The number of amides is 1. The summed E-state index contributed by atoms with van der Waals surface area (Å²) in [4.78, 5) is 23.6. The van der Waals surface area contributed by atoms with E-state index in [9.17, 15) is 14.0 Å². The van der Waals surface area contributed by atoms with Crippen LogP contribution in [-0.4, -0.2) is 16.8 Å². The fourth-order valence-corrected chi connectivity index (χ4v) is 4.08. The molecule has 4 nitrogen and oxygen atoms in total. The van der Waals surface area contributed by atoms with Gasteiger partial charge in [0.15, 0.2) is 0 Å². The standard InChI is InChI=1S/C23H23FN2O2.C6H6/c1-15(2)21-20(23(25)28)19(16-7-4-3-5-8-16)22(26(21)13-6-14-27)17-9-11-18(24)12-10-17;1-2-4-6-5-3-1/h3-5,7-12,14-15H,6,13H2,1-2H3,(H2,25,28);1-6H. The van der Waals surface area contributed by atoms with Gasteiger partial charge in [-0.05, 0) is 41.3 Å². The van der Waals surface area contributed by atoms with Gasteiger partial charge in [0.25, 0.3) is 5.91 Å². The number of aromatic nitrogens is 1. The smallest absolute Gasteiger partial charge is 0.251 e. The van der Waals surface area contributed by atoms with Gasteiger partial charge in [-0.2, -0.15) is 0 Å². The average molecular weight is 457 g/mol. The second-order valence-electron chi connectivity index (χ2n) is 8.14. The first-order valence-corrected chi connectivity index (χ1v) is 11.3. The molecule has 0 unspecified atom stereocenters. The van der Waals surface area contributed by atoms with Crippen LogP contribution in [0.3, 0.4) is 0 Å². The van der Waals surface area contributed by atoms with Gasteiger partial charge in [0.1, 0.15) is 12.1 Å². The summed E-state index contributed by atoms with van der Waals surface area (Å²) in [6.45, 7) is 4.39. The Bertz CT molecular complexity index is 1190. The normalized spacial score (nSPS) is 10.5. The highest BCUT2D eigenvalue weighted by Gasteiger charge is 2.28. The van der Waals surface area contributed by atoms with Crippen molar-refractivity contribution < 1.29 is 14.0 Å². The van der Waals surface area contributed by atoms with Gasteiger partial charge >= 0.3 is 0 Å². The van der Waals surface area contributed by atoms with Crippen LogP contribution >= 0.6 is 0 Å². The van der Waals surface area contributed by atoms with E-state index in [-0.39, 0.29) is 11.7 Å². The molecule has 0 fully saturated rings. The molecule has 174 valence electrons. The molecular weight excluding hydrogens is 427 g/mol. The lowest BCUT2D eigenvalue weighted by molar-refractivity contribution is -0.108. The highest BCUT2D eigenvalue weighted by atomic mass is 19.1. The molecule has 0 saturated carbocycles. The van der Waals surface area contributed by atoms with Crippen LogP contribution in [0, 0.1) is 5.82 Å². The van der Waals surface area contributed by atoms with Crippen molar-refractivity contribution in [1.82, 2.24) is 4.57 Å². The summed E-state index contributed by atoms with van der Waals surface area (Å²) in [6, 6.07) is 27.7. The molecule has 0 aliphatic rings. The highest BCUT2D eigenvalue weighted by molar-refractivity contribution is 6.05. The third-order valence-corrected chi connectivity index (χ3v) is 5.41. The van der Waals surface area contributed by atoms with Gasteiger partial charge in [0.05, 0.1) is 11.3 Å². The lowest BCUT2D eigenvalue weighted by Gasteiger charge is -2.16. The summed E-state index contributed by atoms with van der Waals surface area (Å²) < 4.78 is 15.5. The maximum Gasteiger partial charge on any atom is 0.251 e. The molecule has 1 heterocycles. The topological polar surface area (TPSA) is 65.1 Å². The number of rotatable bonds is 7. The van der Waals surface area contributed by atoms with Gasteiger partial charge in [-0.15, -0.1) is 0 Å². The van der Waals surface area contributed by atoms with Gasteiger partial charge in [-0.25, -0.2) is 4.39 Å². The molecule has 0 bridgehead atoms. The third kappa shape index (κ3) is 5.67. The van der Waals surface area contributed by atoms with E-state index in [0.29, 0.717) is 24.1 Å². The van der Waals surface area contributed by atoms with Crippen LogP contribution in [0.5, 0.6) is 0 Å². The van der Waals surface area contributed by atoms with Crippen LogP contribution in [0.1, 0.15) is 42.2 Å². The van der Waals surface area contributed by atoms with Crippen LogP contribution < -0.4 is 5.73 Å². The van der Waals surface area contributed by atoms with Crippen molar-refractivity contribution in [2.24, 2.45) is 5.73 Å². The molecule has 3 aromatic carbocycles. The number of hydrogen-bond donors (Lipinski definition) is 1. The van der Waals surface area contributed by atoms with Crippen LogP contribution in [-0.2, 0) is 11.3 Å². The number of aldehydes is 1. The van der Waals surface area contributed by atoms with Crippen molar-refractivity contribution in [3.05, 3.63) is 108 Å². The molecule has 4 rings (SSSR count). The molecule has 2 N–H and O–H groups in total. The number of carbonyl (C=O) groups is 2. The lowest BCUT2D eigenvalue weighted by Crippen LogP contribution is -2.16. The van der Waals surface area contributed by atoms with E-state index in [4.69, 9.17) is 5.73 Å². The zero-order chi connectivity index (χ0) is 24.5. The maximum absolute atomic E-state index is 13.5. The van der Waals surface area contributed by atoms with Crippen LogP contribution in [0.25, 0.3) is 22.4 Å². The summed E-state index contributed by atoms with van der Waals surface area (Å²) in [5.41, 5.74) is 10.2. The number of benzene rings is 3. The van der Waals surface area contributed by atoms with E-state index in [1.165, 1.54) is 12.1 Å². The minimum atomic E-state index is -0.518. The van der Waals surface area contributed by atoms with E-state index in [2.05, 4.69) is 0 Å². The average Bonchev–Trinajstić information content (AvgIpc) is 3.21. The molecule has 0 aliphatic heterocycles. The van der Waals surface area contributed by atoms with E-state index in [0.717, 1.165) is 28.8 Å². The zero-order valence-corrected chi connectivity index (χ0v) is 19.4. The molecular formula is C29H29FN2O2. The number of halogens is 1. The molecule has 1 aromatic heterocycles. The second-order valence-corrected chi connectivity index (χ2v) is 8.14. The van der Waals surface area contributed by atoms with Gasteiger partial charge in [0, 0.05) is 24.2 Å². The van der Waals surface area contributed by atoms with E-state index < -0.39 is 5.91 Å². The number of nitrogens with two attached hydrogens (primary N) is 1. The van der Waals surface area contributed by atoms with Gasteiger partial charge in [-0.1, -0.05) is 80.6 Å². The Morgan fingerprint density at radius 1 is 0.882 bits per heavy atom. The largest absolute Gasteiger partial charge is 0.366 e. The van der Waals surface area contributed by atoms with Crippen molar-refractivity contribution in [2.75, 3.05) is 0 Å². The molecule has 34 heavy (non-hydrogen) atoms. The van der Waals surface area contributed by atoms with E-state index >= 15 is 0 Å². The summed E-state index contributed by atoms with van der Waals surface area (Å²) in [6.07, 6.45) is 1.15. The maximum atomic E-state index is 13.5. The monoisotopic (exact) mass is 456 g/mol. The molecule has 0 radical (unpaired) electrons. The van der Waals surface area contributed by atoms with Gasteiger partial charge in [-0.3, -0.25) is 4.79 Å². The van der Waals surface area contributed by atoms with Crippen molar-refractivity contribution >= 4 is 12.2 Å². The second kappa shape index (κ2) is 11.8. The first-order valence-electron chi connectivity index (χ1n) is 11.3. The van der Waals surface area contributed by atoms with Crippen molar-refractivity contribution in [3.63, 3.8) is 0 Å². The predicted octanol–water partition coefficient (Wildman–Crippen LogP) is 6.46. The Kier molecular flexibility index (Phi) is 8.52. The Morgan fingerprint density at radius 3 is 1.88 bits per heavy atom.